The molecule has 7 nitrogen and oxygen atoms in total. The topological polar surface area (TPSA) is 112 Å². The monoisotopic (exact) mass is 484 g/mol. The number of carboxylic acids is 3. The number of carboxylic acid groups (broad SMARTS) is 3. The number of quaternary nitrogens is 1. The van der Waals surface area contributed by atoms with E-state index in [9.17, 15) is 14.4 Å². The predicted octanol–water partition coefficient (Wildman–Crippen LogP) is 6.26. The Hall–Kier alpha value is -1.89. The van der Waals surface area contributed by atoms with E-state index in [1.54, 1.807) is 0 Å². The van der Waals surface area contributed by atoms with Crippen LogP contribution in [0.25, 0.3) is 0 Å². The van der Waals surface area contributed by atoms with Gasteiger partial charge >= 0.3 is 17.9 Å². The summed E-state index contributed by atoms with van der Waals surface area (Å²) in [6.07, 6.45) is 21.3. The zero-order chi connectivity index (χ0) is 25.5. The Balaban J connectivity index is 4.15. The van der Waals surface area contributed by atoms with E-state index < -0.39 is 17.9 Å². The zero-order valence-electron chi connectivity index (χ0n) is 21.5. The summed E-state index contributed by atoms with van der Waals surface area (Å²) in [5, 5.41) is 27.3. The average molecular weight is 485 g/mol. The lowest BCUT2D eigenvalue weighted by atomic mass is 10.1. The van der Waals surface area contributed by atoms with Gasteiger partial charge < -0.3 is 19.8 Å². The van der Waals surface area contributed by atoms with Crippen LogP contribution in [0.15, 0.2) is 12.2 Å². The fourth-order valence-corrected chi connectivity index (χ4v) is 4.36. The van der Waals surface area contributed by atoms with Crippen LogP contribution in [0.1, 0.15) is 116 Å². The second kappa shape index (κ2) is 21.6. The molecule has 0 aliphatic carbocycles. The third-order valence-electron chi connectivity index (χ3n) is 6.54. The van der Waals surface area contributed by atoms with Crippen molar-refractivity contribution in [1.82, 2.24) is 0 Å². The van der Waals surface area contributed by atoms with Crippen LogP contribution in [-0.4, -0.2) is 63.9 Å². The molecule has 0 aromatic rings. The van der Waals surface area contributed by atoms with Crippen molar-refractivity contribution in [2.45, 2.75) is 116 Å². The summed E-state index contributed by atoms with van der Waals surface area (Å²) in [5.74, 6) is -2.82. The maximum atomic E-state index is 11.1. The summed E-state index contributed by atoms with van der Waals surface area (Å²) in [6, 6.07) is 0. The van der Waals surface area contributed by atoms with Gasteiger partial charge in [0.15, 0.2) is 0 Å². The number of allylic oxidation sites excluding steroid dienone is 2. The molecule has 0 heterocycles. The largest absolute Gasteiger partial charge is 0.481 e. The highest BCUT2D eigenvalue weighted by Gasteiger charge is 2.29. The van der Waals surface area contributed by atoms with Crippen molar-refractivity contribution in [3.05, 3.63) is 12.2 Å². The van der Waals surface area contributed by atoms with Crippen LogP contribution in [-0.2, 0) is 14.4 Å². The highest BCUT2D eigenvalue weighted by Crippen LogP contribution is 2.16. The molecule has 0 radical (unpaired) electrons. The molecule has 3 N–H and O–H groups in total. The molecular formula is C27H50NO6+. The molecule has 0 aliphatic rings. The van der Waals surface area contributed by atoms with Crippen LogP contribution < -0.4 is 0 Å². The Kier molecular flexibility index (Phi) is 20.4. The lowest BCUT2D eigenvalue weighted by Crippen LogP contribution is -2.52. The number of unbranched alkanes of at least 4 members (excludes halogenated alkanes) is 12. The Labute approximate surface area is 206 Å². The van der Waals surface area contributed by atoms with Crippen molar-refractivity contribution < 1.29 is 34.2 Å². The van der Waals surface area contributed by atoms with Crippen LogP contribution in [0.4, 0.5) is 0 Å². The van der Waals surface area contributed by atoms with Crippen molar-refractivity contribution in [3.8, 4) is 0 Å². The lowest BCUT2D eigenvalue weighted by molar-refractivity contribution is -0.927. The quantitative estimate of drug-likeness (QED) is 0.0800. The standard InChI is InChI=1S/C27H49NO6/c1-2-3-4-5-6-7-8-9-10-11-12-13-14-15-16-17-21-28(22-18-25(29)30,23-19-26(31)32)24-20-27(33)34/h12-13H,2-11,14-24H2,1H3,(H2-,29,30,31,32,33,34)/p+1/b13-12+. The summed E-state index contributed by atoms with van der Waals surface area (Å²) < 4.78 is 0.249. The SMILES string of the molecule is CCCCCCCCCCC/C=C/CCCCC[N+](CCC(=O)O)(CCC(=O)O)CCC(=O)O. The van der Waals surface area contributed by atoms with Crippen LogP contribution >= 0.6 is 0 Å². The van der Waals surface area contributed by atoms with Crippen LogP contribution in [0.3, 0.4) is 0 Å². The first-order valence-corrected chi connectivity index (χ1v) is 13.5. The van der Waals surface area contributed by atoms with Crippen molar-refractivity contribution in [3.63, 3.8) is 0 Å². The third-order valence-corrected chi connectivity index (χ3v) is 6.54. The lowest BCUT2D eigenvalue weighted by Gasteiger charge is -2.38. The minimum atomic E-state index is -0.940. The molecule has 0 saturated heterocycles. The molecule has 0 fully saturated rings. The summed E-state index contributed by atoms with van der Waals surface area (Å²) in [7, 11) is 0. The molecule has 0 saturated carbocycles. The van der Waals surface area contributed by atoms with Gasteiger partial charge in [-0.25, -0.2) is 0 Å². The molecule has 198 valence electrons. The van der Waals surface area contributed by atoms with Gasteiger partial charge in [-0.1, -0.05) is 70.4 Å². The molecule has 0 unspecified atom stereocenters. The van der Waals surface area contributed by atoms with Gasteiger partial charge in [0.25, 0.3) is 0 Å². The smallest absolute Gasteiger partial charge is 0.309 e. The zero-order valence-corrected chi connectivity index (χ0v) is 21.5. The Morgan fingerprint density at radius 1 is 0.529 bits per heavy atom. The maximum absolute atomic E-state index is 11.1. The molecule has 7 heteroatoms. The van der Waals surface area contributed by atoms with Gasteiger partial charge in [0.2, 0.25) is 0 Å². The molecule has 0 aliphatic heterocycles. The second-order valence-electron chi connectivity index (χ2n) is 9.61. The van der Waals surface area contributed by atoms with Gasteiger partial charge in [-0.3, -0.25) is 14.4 Å². The second-order valence-corrected chi connectivity index (χ2v) is 9.61. The molecule has 0 amide bonds. The molecule has 0 aromatic heterocycles. The minimum absolute atomic E-state index is 0.0825. The van der Waals surface area contributed by atoms with E-state index in [0.717, 1.165) is 32.1 Å². The average Bonchev–Trinajstić information content (AvgIpc) is 2.79. The number of carbonyl (C=O) groups is 3. The summed E-state index contributed by atoms with van der Waals surface area (Å²) >= 11 is 0. The number of nitrogens with zero attached hydrogens (tertiary/aromatic N) is 1. The van der Waals surface area contributed by atoms with Crippen molar-refractivity contribution in [2.24, 2.45) is 0 Å². The van der Waals surface area contributed by atoms with Gasteiger partial charge in [0.1, 0.15) is 0 Å². The van der Waals surface area contributed by atoms with E-state index >= 15 is 0 Å². The van der Waals surface area contributed by atoms with E-state index in [2.05, 4.69) is 19.1 Å². The fourth-order valence-electron chi connectivity index (χ4n) is 4.36. The van der Waals surface area contributed by atoms with Gasteiger partial charge in [0.05, 0.1) is 45.4 Å². The van der Waals surface area contributed by atoms with E-state index in [1.807, 2.05) is 0 Å². The van der Waals surface area contributed by atoms with E-state index in [4.69, 9.17) is 15.3 Å². The number of hydrogen-bond acceptors (Lipinski definition) is 3. The van der Waals surface area contributed by atoms with Gasteiger partial charge in [0, 0.05) is 0 Å². The van der Waals surface area contributed by atoms with E-state index in [1.165, 1.54) is 57.8 Å². The Morgan fingerprint density at radius 2 is 0.882 bits per heavy atom. The number of hydrogen-bond donors (Lipinski definition) is 3. The van der Waals surface area contributed by atoms with Crippen molar-refractivity contribution in [2.75, 3.05) is 26.2 Å². The van der Waals surface area contributed by atoms with Crippen LogP contribution in [0.2, 0.25) is 0 Å². The molecule has 0 bridgehead atoms. The van der Waals surface area contributed by atoms with Gasteiger partial charge in [-0.2, -0.15) is 0 Å². The van der Waals surface area contributed by atoms with E-state index in [0.29, 0.717) is 6.54 Å². The van der Waals surface area contributed by atoms with Crippen molar-refractivity contribution in [1.29, 1.82) is 0 Å². The molecule has 0 atom stereocenters. The summed E-state index contributed by atoms with van der Waals surface area (Å²) in [6.45, 7) is 3.69. The van der Waals surface area contributed by atoms with Crippen LogP contribution in [0, 0.1) is 0 Å². The molecule has 34 heavy (non-hydrogen) atoms. The number of rotatable bonds is 25. The van der Waals surface area contributed by atoms with Crippen LogP contribution in [0.5, 0.6) is 0 Å². The Bertz CT molecular complexity index is 530. The number of aliphatic carboxylic acids is 3. The first-order chi connectivity index (χ1) is 16.3. The van der Waals surface area contributed by atoms with E-state index in [-0.39, 0.29) is 43.4 Å². The third kappa shape index (κ3) is 20.7. The minimum Gasteiger partial charge on any atom is -0.481 e. The summed E-state index contributed by atoms with van der Waals surface area (Å²) in [4.78, 5) is 33.3. The highest BCUT2D eigenvalue weighted by atomic mass is 16.4. The first-order valence-electron chi connectivity index (χ1n) is 13.5. The molecule has 0 rings (SSSR count). The first kappa shape index (κ1) is 32.1. The molecule has 0 aromatic carbocycles. The maximum Gasteiger partial charge on any atom is 0.309 e. The molecular weight excluding hydrogens is 434 g/mol. The normalized spacial score (nSPS) is 11.8. The molecule has 0 spiro atoms. The van der Waals surface area contributed by atoms with Gasteiger partial charge in [-0.05, 0) is 38.5 Å². The predicted molar refractivity (Wildman–Crippen MR) is 136 cm³/mol. The van der Waals surface area contributed by atoms with Gasteiger partial charge in [-0.15, -0.1) is 0 Å². The Morgan fingerprint density at radius 3 is 1.26 bits per heavy atom. The summed E-state index contributed by atoms with van der Waals surface area (Å²) in [5.41, 5.74) is 0. The van der Waals surface area contributed by atoms with Crippen molar-refractivity contribution >= 4 is 17.9 Å². The fraction of sp³-hybridized carbons (Fsp3) is 0.815. The highest BCUT2D eigenvalue weighted by molar-refractivity contribution is 5.67.